The highest BCUT2D eigenvalue weighted by Gasteiger charge is 2.15. The van der Waals surface area contributed by atoms with Crippen LogP contribution in [0.3, 0.4) is 0 Å². The maximum Gasteiger partial charge on any atom is 0.197 e. The number of thiophene rings is 1. The van der Waals surface area contributed by atoms with Crippen LogP contribution in [0.1, 0.15) is 44.9 Å². The Bertz CT molecular complexity index is 419. The van der Waals surface area contributed by atoms with Crippen molar-refractivity contribution < 1.29 is 4.42 Å². The summed E-state index contributed by atoms with van der Waals surface area (Å²) in [5.74, 6) is 1.36. The van der Waals surface area contributed by atoms with Crippen LogP contribution in [0.4, 0.5) is 0 Å². The predicted molar refractivity (Wildman–Crippen MR) is 67.8 cm³/mol. The van der Waals surface area contributed by atoms with Gasteiger partial charge in [-0.1, -0.05) is 20.3 Å². The second-order valence-corrected chi connectivity index (χ2v) is 4.76. The van der Waals surface area contributed by atoms with E-state index in [4.69, 9.17) is 4.42 Å². The summed E-state index contributed by atoms with van der Waals surface area (Å²) in [7, 11) is 0. The maximum absolute atomic E-state index is 5.59. The van der Waals surface area contributed by atoms with Crippen LogP contribution in [0.2, 0.25) is 0 Å². The van der Waals surface area contributed by atoms with E-state index < -0.39 is 0 Å². The zero-order valence-electron chi connectivity index (χ0n) is 9.77. The first kappa shape index (κ1) is 11.4. The fourth-order valence-corrected chi connectivity index (χ4v) is 2.52. The molecule has 3 heteroatoms. The quantitative estimate of drug-likeness (QED) is 0.751. The molecule has 0 amide bonds. The van der Waals surface area contributed by atoms with E-state index in [9.17, 15) is 0 Å². The summed E-state index contributed by atoms with van der Waals surface area (Å²) in [5, 5.41) is 4.16. The molecule has 0 aliphatic heterocycles. The van der Waals surface area contributed by atoms with Gasteiger partial charge >= 0.3 is 0 Å². The second-order valence-electron chi connectivity index (χ2n) is 3.98. The van der Waals surface area contributed by atoms with Crippen LogP contribution in [-0.4, -0.2) is 4.98 Å². The molecule has 0 aliphatic rings. The minimum atomic E-state index is 0.470. The van der Waals surface area contributed by atoms with Gasteiger partial charge in [-0.3, -0.25) is 0 Å². The minimum Gasteiger partial charge on any atom is -0.448 e. The van der Waals surface area contributed by atoms with Crippen LogP contribution in [0, 0.1) is 0 Å². The Hall–Kier alpha value is -1.09. The molecule has 0 aromatic carbocycles. The Morgan fingerprint density at radius 3 is 2.94 bits per heavy atom. The average Bonchev–Trinajstić information content (AvgIpc) is 2.95. The molecule has 0 spiro atoms. The van der Waals surface area contributed by atoms with Crippen LogP contribution >= 0.6 is 11.3 Å². The van der Waals surface area contributed by atoms with Gasteiger partial charge in [-0.15, -0.1) is 0 Å². The largest absolute Gasteiger partial charge is 0.448 e. The molecule has 0 saturated heterocycles. The van der Waals surface area contributed by atoms with Gasteiger partial charge in [0.2, 0.25) is 0 Å². The van der Waals surface area contributed by atoms with Crippen molar-refractivity contribution in [2.45, 2.75) is 39.0 Å². The number of hydrogen-bond donors (Lipinski definition) is 0. The van der Waals surface area contributed by atoms with Crippen molar-refractivity contribution in [3.05, 3.63) is 29.0 Å². The molecule has 1 unspecified atom stereocenters. The molecule has 0 bridgehead atoms. The highest BCUT2D eigenvalue weighted by molar-refractivity contribution is 7.08. The van der Waals surface area contributed by atoms with Crippen molar-refractivity contribution in [1.29, 1.82) is 0 Å². The number of nitrogens with zero attached hydrogens (tertiary/aromatic N) is 1. The fraction of sp³-hybridized carbons (Fsp3) is 0.462. The van der Waals surface area contributed by atoms with Gasteiger partial charge in [-0.05, 0) is 24.3 Å². The van der Waals surface area contributed by atoms with Gasteiger partial charge < -0.3 is 4.42 Å². The molecule has 2 heterocycles. The Morgan fingerprint density at radius 1 is 1.44 bits per heavy atom. The fourth-order valence-electron chi connectivity index (χ4n) is 1.87. The van der Waals surface area contributed by atoms with E-state index in [-0.39, 0.29) is 0 Å². The van der Waals surface area contributed by atoms with Crippen LogP contribution in [0.15, 0.2) is 27.5 Å². The molecule has 2 aromatic heterocycles. The average molecular weight is 235 g/mol. The SMILES string of the molecule is CCCC(CC)c1nc(-c2ccsc2)co1. The van der Waals surface area contributed by atoms with Gasteiger partial charge in [0.1, 0.15) is 12.0 Å². The van der Waals surface area contributed by atoms with Crippen molar-refractivity contribution in [1.82, 2.24) is 4.98 Å². The van der Waals surface area contributed by atoms with Crippen LogP contribution < -0.4 is 0 Å². The molecular formula is C13H17NOS. The van der Waals surface area contributed by atoms with E-state index >= 15 is 0 Å². The maximum atomic E-state index is 5.59. The lowest BCUT2D eigenvalue weighted by atomic mass is 10.0. The summed E-state index contributed by atoms with van der Waals surface area (Å²) in [6, 6.07) is 2.08. The molecule has 86 valence electrons. The first-order chi connectivity index (χ1) is 7.85. The molecule has 0 radical (unpaired) electrons. The topological polar surface area (TPSA) is 26.0 Å². The number of hydrogen-bond acceptors (Lipinski definition) is 3. The highest BCUT2D eigenvalue weighted by Crippen LogP contribution is 2.28. The number of aromatic nitrogens is 1. The molecule has 2 rings (SSSR count). The third kappa shape index (κ3) is 2.35. The van der Waals surface area contributed by atoms with Crippen LogP contribution in [0.5, 0.6) is 0 Å². The van der Waals surface area contributed by atoms with Gasteiger partial charge in [0.05, 0.1) is 0 Å². The molecule has 0 saturated carbocycles. The molecular weight excluding hydrogens is 218 g/mol. The van der Waals surface area contributed by atoms with Crippen molar-refractivity contribution >= 4 is 11.3 Å². The van der Waals surface area contributed by atoms with Crippen molar-refractivity contribution in [2.24, 2.45) is 0 Å². The van der Waals surface area contributed by atoms with Gasteiger partial charge in [0, 0.05) is 16.9 Å². The summed E-state index contributed by atoms with van der Waals surface area (Å²) in [4.78, 5) is 4.58. The Balaban J connectivity index is 2.18. The Morgan fingerprint density at radius 2 is 2.31 bits per heavy atom. The third-order valence-corrected chi connectivity index (χ3v) is 3.50. The van der Waals surface area contributed by atoms with E-state index in [0.29, 0.717) is 5.92 Å². The normalized spacial score (nSPS) is 12.9. The van der Waals surface area contributed by atoms with Crippen LogP contribution in [-0.2, 0) is 0 Å². The molecule has 0 aliphatic carbocycles. The summed E-state index contributed by atoms with van der Waals surface area (Å²) in [5.41, 5.74) is 2.12. The summed E-state index contributed by atoms with van der Waals surface area (Å²) in [6.45, 7) is 4.39. The van der Waals surface area contributed by atoms with Crippen LogP contribution in [0.25, 0.3) is 11.3 Å². The molecule has 16 heavy (non-hydrogen) atoms. The van der Waals surface area contributed by atoms with Crippen molar-refractivity contribution in [2.75, 3.05) is 0 Å². The second kappa shape index (κ2) is 5.30. The predicted octanol–water partition coefficient (Wildman–Crippen LogP) is 4.70. The molecule has 1 atom stereocenters. The lowest BCUT2D eigenvalue weighted by Crippen LogP contribution is -1.96. The van der Waals surface area contributed by atoms with E-state index in [2.05, 4.69) is 35.7 Å². The van der Waals surface area contributed by atoms with E-state index in [1.807, 2.05) is 0 Å². The lowest BCUT2D eigenvalue weighted by molar-refractivity contribution is 0.421. The van der Waals surface area contributed by atoms with E-state index in [0.717, 1.165) is 30.0 Å². The number of rotatable bonds is 5. The van der Waals surface area contributed by atoms with Gasteiger partial charge in [-0.25, -0.2) is 4.98 Å². The highest BCUT2D eigenvalue weighted by atomic mass is 32.1. The first-order valence-electron chi connectivity index (χ1n) is 5.83. The first-order valence-corrected chi connectivity index (χ1v) is 6.77. The van der Waals surface area contributed by atoms with Gasteiger partial charge in [0.25, 0.3) is 0 Å². The Labute approximate surface area is 100 Å². The Kier molecular flexibility index (Phi) is 3.78. The number of oxazole rings is 1. The van der Waals surface area contributed by atoms with Gasteiger partial charge in [0.15, 0.2) is 5.89 Å². The molecule has 2 aromatic rings. The summed E-state index contributed by atoms with van der Waals surface area (Å²) in [6.07, 6.45) is 5.20. The zero-order valence-corrected chi connectivity index (χ0v) is 10.6. The zero-order chi connectivity index (χ0) is 11.4. The van der Waals surface area contributed by atoms with Gasteiger partial charge in [-0.2, -0.15) is 11.3 Å². The minimum absolute atomic E-state index is 0.470. The van der Waals surface area contributed by atoms with E-state index in [1.165, 1.54) is 6.42 Å². The molecule has 2 nitrogen and oxygen atoms in total. The van der Waals surface area contributed by atoms with E-state index in [1.54, 1.807) is 17.6 Å². The van der Waals surface area contributed by atoms with Crippen molar-refractivity contribution in [3.63, 3.8) is 0 Å². The summed E-state index contributed by atoms with van der Waals surface area (Å²) >= 11 is 1.69. The monoisotopic (exact) mass is 235 g/mol. The standard InChI is InChI=1S/C13H17NOS/c1-3-5-10(4-2)13-14-12(8-15-13)11-6-7-16-9-11/h6-10H,3-5H2,1-2H3. The lowest BCUT2D eigenvalue weighted by Gasteiger charge is -2.07. The summed E-state index contributed by atoms with van der Waals surface area (Å²) < 4.78 is 5.59. The smallest absolute Gasteiger partial charge is 0.197 e. The third-order valence-electron chi connectivity index (χ3n) is 2.82. The molecule has 0 N–H and O–H groups in total. The molecule has 0 fully saturated rings. The van der Waals surface area contributed by atoms with Crippen molar-refractivity contribution in [3.8, 4) is 11.3 Å².